The predicted molar refractivity (Wildman–Crippen MR) is 87.1 cm³/mol. The van der Waals surface area contributed by atoms with Crippen molar-refractivity contribution in [3.8, 4) is 0 Å². The maximum Gasteiger partial charge on any atom is 0.276 e. The second-order valence-corrected chi connectivity index (χ2v) is 6.89. The van der Waals surface area contributed by atoms with E-state index in [1.165, 1.54) is 23.6 Å². The first-order valence-corrected chi connectivity index (χ1v) is 8.73. The van der Waals surface area contributed by atoms with Crippen LogP contribution in [0.5, 0.6) is 0 Å². The molecule has 0 aliphatic carbocycles. The fraction of sp³-hybridized carbons (Fsp3) is 0.583. The molecule has 1 aromatic rings. The van der Waals surface area contributed by atoms with Gasteiger partial charge in [0.1, 0.15) is 11.6 Å². The van der Waals surface area contributed by atoms with Crippen molar-refractivity contribution in [3.63, 3.8) is 0 Å². The fourth-order valence-corrected chi connectivity index (χ4v) is 4.47. The molecule has 2 rings (SSSR count). The molecule has 2 heterocycles. The van der Waals surface area contributed by atoms with E-state index in [9.17, 15) is 10.1 Å². The molecule has 1 aromatic heterocycles. The van der Waals surface area contributed by atoms with E-state index >= 15 is 0 Å². The van der Waals surface area contributed by atoms with Crippen LogP contribution in [-0.2, 0) is 0 Å². The molecule has 0 amide bonds. The first kappa shape index (κ1) is 15.2. The summed E-state index contributed by atoms with van der Waals surface area (Å²) in [6.45, 7) is 3.41. The number of aromatic nitrogens is 1. The Kier molecular flexibility index (Phi) is 5.78. The van der Waals surface area contributed by atoms with Crippen molar-refractivity contribution >= 4 is 40.8 Å². The predicted octanol–water partition coefficient (Wildman–Crippen LogP) is 2.68. The molecule has 1 unspecified atom stereocenters. The van der Waals surface area contributed by atoms with Crippen LogP contribution in [-0.4, -0.2) is 45.5 Å². The van der Waals surface area contributed by atoms with Gasteiger partial charge in [-0.15, -0.1) is 0 Å². The maximum absolute atomic E-state index is 10.9. The third-order valence-electron chi connectivity index (χ3n) is 2.77. The zero-order chi connectivity index (χ0) is 14.4. The van der Waals surface area contributed by atoms with Gasteiger partial charge in [0.15, 0.2) is 0 Å². The van der Waals surface area contributed by atoms with Crippen LogP contribution in [0.3, 0.4) is 0 Å². The molecule has 0 aromatic carbocycles. The van der Waals surface area contributed by atoms with Gasteiger partial charge < -0.3 is 10.6 Å². The molecule has 0 bridgehead atoms. The summed E-state index contributed by atoms with van der Waals surface area (Å²) in [5.41, 5.74) is 0.0594. The van der Waals surface area contributed by atoms with Crippen molar-refractivity contribution in [3.05, 3.63) is 22.2 Å². The average molecular weight is 314 g/mol. The zero-order valence-electron chi connectivity index (χ0n) is 11.3. The highest BCUT2D eigenvalue weighted by Crippen LogP contribution is 2.25. The van der Waals surface area contributed by atoms with E-state index in [4.69, 9.17) is 0 Å². The number of hydrogen-bond donors (Lipinski definition) is 2. The topological polar surface area (TPSA) is 80.1 Å². The van der Waals surface area contributed by atoms with Crippen LogP contribution in [0.2, 0.25) is 0 Å². The largest absolute Gasteiger partial charge is 0.370 e. The first-order valence-electron chi connectivity index (χ1n) is 6.52. The van der Waals surface area contributed by atoms with E-state index in [2.05, 4.69) is 15.6 Å². The van der Waals surface area contributed by atoms with Gasteiger partial charge in [-0.2, -0.15) is 23.5 Å². The molecule has 0 radical (unpaired) electrons. The average Bonchev–Trinajstić information content (AvgIpc) is 2.46. The monoisotopic (exact) mass is 314 g/mol. The number of nitrogens with one attached hydrogen (secondary N) is 2. The Balaban J connectivity index is 2.03. The lowest BCUT2D eigenvalue weighted by atomic mass is 10.3. The molecule has 20 heavy (non-hydrogen) atoms. The quantitative estimate of drug-likeness (QED) is 0.617. The second kappa shape index (κ2) is 7.58. The number of thioether (sulfide) groups is 2. The molecule has 6 nitrogen and oxygen atoms in total. The smallest absolute Gasteiger partial charge is 0.276 e. The number of anilines is 2. The van der Waals surface area contributed by atoms with Gasteiger partial charge in [0.2, 0.25) is 0 Å². The van der Waals surface area contributed by atoms with Crippen LogP contribution in [0, 0.1) is 10.1 Å². The van der Waals surface area contributed by atoms with E-state index in [-0.39, 0.29) is 10.6 Å². The third kappa shape index (κ3) is 4.45. The summed E-state index contributed by atoms with van der Waals surface area (Å²) in [4.78, 5) is 14.9. The van der Waals surface area contributed by atoms with Gasteiger partial charge in [0.05, 0.1) is 17.1 Å². The highest BCUT2D eigenvalue weighted by Gasteiger charge is 2.15. The molecule has 1 fully saturated rings. The van der Waals surface area contributed by atoms with Crippen LogP contribution in [0.25, 0.3) is 0 Å². The lowest BCUT2D eigenvalue weighted by molar-refractivity contribution is -0.384. The first-order chi connectivity index (χ1) is 9.69. The fourth-order valence-electron chi connectivity index (χ4n) is 1.86. The van der Waals surface area contributed by atoms with Crippen LogP contribution in [0.4, 0.5) is 17.3 Å². The summed E-state index contributed by atoms with van der Waals surface area (Å²) >= 11 is 3.90. The van der Waals surface area contributed by atoms with Gasteiger partial charge in [-0.3, -0.25) is 10.1 Å². The second-order valence-electron chi connectivity index (χ2n) is 4.33. The van der Waals surface area contributed by atoms with Crippen LogP contribution >= 0.6 is 23.5 Å². The highest BCUT2D eigenvalue weighted by atomic mass is 32.2. The standard InChI is InChI=1S/C12H18N4O2S2/c1-2-13-11-5-9(16(17)18)6-12(15-11)14-7-10-8-19-3-4-20-10/h5-6,10H,2-4,7-8H2,1H3,(H2,13,14,15). The zero-order valence-corrected chi connectivity index (χ0v) is 12.9. The van der Waals surface area contributed by atoms with Crippen molar-refractivity contribution in [2.45, 2.75) is 12.2 Å². The number of rotatable bonds is 6. The van der Waals surface area contributed by atoms with Crippen LogP contribution < -0.4 is 10.6 Å². The summed E-state index contributed by atoms with van der Waals surface area (Å²) in [6, 6.07) is 2.95. The summed E-state index contributed by atoms with van der Waals surface area (Å²) in [6.07, 6.45) is 0. The van der Waals surface area contributed by atoms with Crippen LogP contribution in [0.1, 0.15) is 6.92 Å². The Morgan fingerprint density at radius 1 is 1.40 bits per heavy atom. The Bertz CT molecular complexity index is 467. The van der Waals surface area contributed by atoms with Gasteiger partial charge >= 0.3 is 0 Å². The van der Waals surface area contributed by atoms with Crippen molar-refractivity contribution < 1.29 is 4.92 Å². The normalized spacial score (nSPS) is 18.6. The number of hydrogen-bond acceptors (Lipinski definition) is 7. The summed E-state index contributed by atoms with van der Waals surface area (Å²) < 4.78 is 0. The summed E-state index contributed by atoms with van der Waals surface area (Å²) in [5.74, 6) is 4.59. The number of nitro groups is 1. The molecular weight excluding hydrogens is 296 g/mol. The van der Waals surface area contributed by atoms with Gasteiger partial charge in [0, 0.05) is 35.6 Å². The molecule has 2 N–H and O–H groups in total. The van der Waals surface area contributed by atoms with Crippen LogP contribution in [0.15, 0.2) is 12.1 Å². The minimum absolute atomic E-state index is 0.0594. The van der Waals surface area contributed by atoms with E-state index in [0.717, 1.165) is 12.3 Å². The summed E-state index contributed by atoms with van der Waals surface area (Å²) in [7, 11) is 0. The molecule has 0 saturated carbocycles. The minimum atomic E-state index is -0.390. The molecule has 1 aliphatic rings. The van der Waals surface area contributed by atoms with E-state index in [1.54, 1.807) is 0 Å². The minimum Gasteiger partial charge on any atom is -0.370 e. The number of nitrogens with zero attached hydrogens (tertiary/aromatic N) is 2. The maximum atomic E-state index is 10.9. The van der Waals surface area contributed by atoms with E-state index in [0.29, 0.717) is 23.4 Å². The van der Waals surface area contributed by atoms with Crippen molar-refractivity contribution in [1.29, 1.82) is 0 Å². The lowest BCUT2D eigenvalue weighted by Gasteiger charge is -2.21. The Morgan fingerprint density at radius 3 is 2.75 bits per heavy atom. The van der Waals surface area contributed by atoms with Crippen molar-refractivity contribution in [1.82, 2.24) is 4.98 Å². The van der Waals surface area contributed by atoms with E-state index < -0.39 is 0 Å². The molecule has 1 saturated heterocycles. The molecule has 110 valence electrons. The summed E-state index contributed by atoms with van der Waals surface area (Å²) in [5, 5.41) is 17.7. The Hall–Kier alpha value is -1.15. The lowest BCUT2D eigenvalue weighted by Crippen LogP contribution is -2.23. The molecular formula is C12H18N4O2S2. The Morgan fingerprint density at radius 2 is 2.15 bits per heavy atom. The third-order valence-corrected chi connectivity index (χ3v) is 5.62. The molecule has 1 aliphatic heterocycles. The highest BCUT2D eigenvalue weighted by molar-refractivity contribution is 8.06. The van der Waals surface area contributed by atoms with Crippen molar-refractivity contribution in [2.24, 2.45) is 0 Å². The SMILES string of the molecule is CCNc1cc([N+](=O)[O-])cc(NCC2CSCCS2)n1. The molecule has 0 spiro atoms. The van der Waals surface area contributed by atoms with Gasteiger partial charge in [-0.1, -0.05) is 0 Å². The molecule has 1 atom stereocenters. The van der Waals surface area contributed by atoms with Gasteiger partial charge in [-0.05, 0) is 6.92 Å². The van der Waals surface area contributed by atoms with Crippen molar-refractivity contribution in [2.75, 3.05) is 41.0 Å². The van der Waals surface area contributed by atoms with E-state index in [1.807, 2.05) is 30.4 Å². The Labute approximate surface area is 126 Å². The van der Waals surface area contributed by atoms with Gasteiger partial charge in [0.25, 0.3) is 5.69 Å². The van der Waals surface area contributed by atoms with Gasteiger partial charge in [-0.25, -0.2) is 4.98 Å². The molecule has 8 heteroatoms. The number of pyridine rings is 1.